The lowest BCUT2D eigenvalue weighted by atomic mass is 10.1. The minimum atomic E-state index is -0.187. The van der Waals surface area contributed by atoms with E-state index in [1.54, 1.807) is 42.7 Å². The van der Waals surface area contributed by atoms with Crippen molar-refractivity contribution in [2.45, 2.75) is 20.4 Å². The van der Waals surface area contributed by atoms with Gasteiger partial charge in [0.25, 0.3) is 5.91 Å². The van der Waals surface area contributed by atoms with Gasteiger partial charge in [-0.25, -0.2) is 0 Å². The number of nitrogens with zero attached hydrogens (tertiary/aromatic N) is 3. The van der Waals surface area contributed by atoms with Crippen LogP contribution >= 0.6 is 0 Å². The molecule has 0 unspecified atom stereocenters. The summed E-state index contributed by atoms with van der Waals surface area (Å²) in [4.78, 5) is 40.5. The number of pyridine rings is 1. The fourth-order valence-corrected chi connectivity index (χ4v) is 3.37. The molecule has 2 amide bonds. The van der Waals surface area contributed by atoms with Crippen molar-refractivity contribution in [2.75, 3.05) is 38.5 Å². The van der Waals surface area contributed by atoms with E-state index in [9.17, 15) is 14.4 Å². The summed E-state index contributed by atoms with van der Waals surface area (Å²) < 4.78 is 1.79. The average Bonchev–Trinajstić information content (AvgIpc) is 2.65. The largest absolute Gasteiger partial charge is 0.340 e. The van der Waals surface area contributed by atoms with Crippen LogP contribution in [0, 0.1) is 13.8 Å². The van der Waals surface area contributed by atoms with E-state index in [0.717, 1.165) is 37.6 Å². The van der Waals surface area contributed by atoms with Gasteiger partial charge >= 0.3 is 0 Å². The van der Waals surface area contributed by atoms with Gasteiger partial charge in [0.05, 0.1) is 0 Å². The second-order valence-corrected chi connectivity index (χ2v) is 7.28. The van der Waals surface area contributed by atoms with Crippen LogP contribution in [0.2, 0.25) is 0 Å². The van der Waals surface area contributed by atoms with E-state index < -0.39 is 0 Å². The van der Waals surface area contributed by atoms with Crippen LogP contribution in [0.15, 0.2) is 41.2 Å². The molecule has 1 aliphatic heterocycles. The average molecular weight is 382 g/mol. The molecular formula is C21H26N4O3. The Kier molecular flexibility index (Phi) is 5.94. The Morgan fingerprint density at radius 3 is 2.11 bits per heavy atom. The molecular weight excluding hydrogens is 356 g/mol. The zero-order chi connectivity index (χ0) is 20.3. The van der Waals surface area contributed by atoms with Crippen molar-refractivity contribution in [3.05, 3.63) is 63.6 Å². The molecule has 148 valence electrons. The summed E-state index contributed by atoms with van der Waals surface area (Å²) >= 11 is 0. The molecule has 0 atom stereocenters. The fourth-order valence-electron chi connectivity index (χ4n) is 3.37. The molecule has 7 nitrogen and oxygen atoms in total. The number of likely N-dealkylation sites (N-methyl/N-ethyl adjacent to an activating group) is 1. The molecule has 1 aromatic heterocycles. The van der Waals surface area contributed by atoms with Crippen LogP contribution < -0.4 is 10.7 Å². The van der Waals surface area contributed by atoms with E-state index in [4.69, 9.17) is 0 Å². The van der Waals surface area contributed by atoms with E-state index in [-0.39, 0.29) is 23.8 Å². The van der Waals surface area contributed by atoms with Gasteiger partial charge in [-0.05, 0) is 45.2 Å². The van der Waals surface area contributed by atoms with Gasteiger partial charge in [0, 0.05) is 61.0 Å². The van der Waals surface area contributed by atoms with Crippen molar-refractivity contribution >= 4 is 17.5 Å². The SMILES string of the molecule is Cc1cc(=O)cc(C)n1CC(=O)Nc1ccc(C(=O)N2CCN(C)CC2)cc1. The number of carbonyl (C=O) groups excluding carboxylic acids is 2. The number of benzene rings is 1. The van der Waals surface area contributed by atoms with Crippen molar-refractivity contribution < 1.29 is 9.59 Å². The van der Waals surface area contributed by atoms with Crippen LogP contribution in [0.5, 0.6) is 0 Å². The number of hydrogen-bond donors (Lipinski definition) is 1. The van der Waals surface area contributed by atoms with Crippen molar-refractivity contribution in [3.63, 3.8) is 0 Å². The topological polar surface area (TPSA) is 74.6 Å². The molecule has 28 heavy (non-hydrogen) atoms. The Morgan fingerprint density at radius 1 is 0.964 bits per heavy atom. The summed E-state index contributed by atoms with van der Waals surface area (Å²) in [7, 11) is 2.05. The Balaban J connectivity index is 1.62. The molecule has 1 N–H and O–H groups in total. The smallest absolute Gasteiger partial charge is 0.253 e. The van der Waals surface area contributed by atoms with Crippen LogP contribution in [0.1, 0.15) is 21.7 Å². The molecule has 1 fully saturated rings. The number of nitrogens with one attached hydrogen (secondary N) is 1. The third-order valence-electron chi connectivity index (χ3n) is 5.06. The number of aromatic nitrogens is 1. The predicted octanol–water partition coefficient (Wildman–Crippen LogP) is 1.49. The number of carbonyl (C=O) groups is 2. The second-order valence-electron chi connectivity index (χ2n) is 7.28. The van der Waals surface area contributed by atoms with Crippen molar-refractivity contribution in [1.82, 2.24) is 14.4 Å². The van der Waals surface area contributed by atoms with E-state index in [1.807, 2.05) is 4.90 Å². The number of hydrogen-bond acceptors (Lipinski definition) is 4. The fraction of sp³-hybridized carbons (Fsp3) is 0.381. The highest BCUT2D eigenvalue weighted by Crippen LogP contribution is 2.13. The maximum Gasteiger partial charge on any atom is 0.253 e. The van der Waals surface area contributed by atoms with Gasteiger partial charge in [0.1, 0.15) is 6.54 Å². The van der Waals surface area contributed by atoms with E-state index >= 15 is 0 Å². The number of aryl methyl sites for hydroxylation is 2. The van der Waals surface area contributed by atoms with Crippen LogP contribution in [-0.4, -0.2) is 59.4 Å². The summed E-state index contributed by atoms with van der Waals surface area (Å²) in [5.74, 6) is -0.168. The molecule has 2 heterocycles. The van der Waals surface area contributed by atoms with Crippen LogP contribution in [0.3, 0.4) is 0 Å². The van der Waals surface area contributed by atoms with Crippen molar-refractivity contribution in [2.24, 2.45) is 0 Å². The standard InChI is InChI=1S/C21H26N4O3/c1-15-12-19(26)13-16(2)25(15)14-20(27)22-18-6-4-17(5-7-18)21(28)24-10-8-23(3)9-11-24/h4-7,12-13H,8-11,14H2,1-3H3,(H,22,27). The first kappa shape index (κ1) is 19.8. The van der Waals surface area contributed by atoms with Crippen molar-refractivity contribution in [3.8, 4) is 0 Å². The lowest BCUT2D eigenvalue weighted by Gasteiger charge is -2.32. The molecule has 0 spiro atoms. The van der Waals surface area contributed by atoms with Gasteiger partial charge < -0.3 is 19.7 Å². The Labute approximate surface area is 164 Å². The Morgan fingerprint density at radius 2 is 1.54 bits per heavy atom. The zero-order valence-corrected chi connectivity index (χ0v) is 16.6. The molecule has 3 rings (SSSR count). The maximum absolute atomic E-state index is 12.6. The van der Waals surface area contributed by atoms with Gasteiger partial charge in [0.15, 0.2) is 5.43 Å². The second kappa shape index (κ2) is 8.39. The third kappa shape index (κ3) is 4.67. The summed E-state index contributed by atoms with van der Waals surface area (Å²) in [6.45, 7) is 6.95. The number of amides is 2. The van der Waals surface area contributed by atoms with E-state index in [2.05, 4.69) is 17.3 Å². The Hall–Kier alpha value is -2.93. The molecule has 1 aromatic carbocycles. The highest BCUT2D eigenvalue weighted by atomic mass is 16.2. The predicted molar refractivity (Wildman–Crippen MR) is 109 cm³/mol. The maximum atomic E-state index is 12.6. The van der Waals surface area contributed by atoms with E-state index in [0.29, 0.717) is 11.3 Å². The first-order valence-electron chi connectivity index (χ1n) is 9.39. The summed E-state index contributed by atoms with van der Waals surface area (Å²) in [5.41, 5.74) is 2.68. The molecule has 7 heteroatoms. The summed E-state index contributed by atoms with van der Waals surface area (Å²) in [6, 6.07) is 10.00. The normalized spacial score (nSPS) is 14.8. The molecule has 1 saturated heterocycles. The molecule has 0 saturated carbocycles. The number of rotatable bonds is 4. The van der Waals surface area contributed by atoms with Crippen LogP contribution in [0.4, 0.5) is 5.69 Å². The lowest BCUT2D eigenvalue weighted by molar-refractivity contribution is -0.116. The first-order valence-corrected chi connectivity index (χ1v) is 9.39. The third-order valence-corrected chi connectivity index (χ3v) is 5.06. The quantitative estimate of drug-likeness (QED) is 0.870. The minimum absolute atomic E-state index is 0.0190. The lowest BCUT2D eigenvalue weighted by Crippen LogP contribution is -2.47. The highest BCUT2D eigenvalue weighted by Gasteiger charge is 2.20. The van der Waals surface area contributed by atoms with Crippen LogP contribution in [-0.2, 0) is 11.3 Å². The minimum Gasteiger partial charge on any atom is -0.340 e. The van der Waals surface area contributed by atoms with Gasteiger partial charge in [0.2, 0.25) is 5.91 Å². The number of piperazine rings is 1. The monoisotopic (exact) mass is 382 g/mol. The first-order chi connectivity index (χ1) is 13.3. The zero-order valence-electron chi connectivity index (χ0n) is 16.6. The summed E-state index contributed by atoms with van der Waals surface area (Å²) in [6.07, 6.45) is 0. The molecule has 0 radical (unpaired) electrons. The Bertz CT molecular complexity index is 899. The molecule has 2 aromatic rings. The van der Waals surface area contributed by atoms with Gasteiger partial charge in [-0.2, -0.15) is 0 Å². The molecule has 0 bridgehead atoms. The van der Waals surface area contributed by atoms with Gasteiger partial charge in [-0.3, -0.25) is 14.4 Å². The summed E-state index contributed by atoms with van der Waals surface area (Å²) in [5, 5.41) is 2.84. The molecule has 0 aliphatic carbocycles. The number of anilines is 1. The highest BCUT2D eigenvalue weighted by molar-refractivity contribution is 5.95. The molecule has 1 aliphatic rings. The van der Waals surface area contributed by atoms with E-state index in [1.165, 1.54) is 12.1 Å². The van der Waals surface area contributed by atoms with Crippen molar-refractivity contribution in [1.29, 1.82) is 0 Å². The van der Waals surface area contributed by atoms with Gasteiger partial charge in [-0.1, -0.05) is 0 Å². The van der Waals surface area contributed by atoms with Gasteiger partial charge in [-0.15, -0.1) is 0 Å². The van der Waals surface area contributed by atoms with Crippen LogP contribution in [0.25, 0.3) is 0 Å².